The van der Waals surface area contributed by atoms with Crippen LogP contribution in [-0.2, 0) is 13.1 Å². The van der Waals surface area contributed by atoms with Crippen LogP contribution in [0, 0.1) is 0 Å². The number of aromatic nitrogens is 2. The summed E-state index contributed by atoms with van der Waals surface area (Å²) >= 11 is 3.35. The molecule has 4 nitrogen and oxygen atoms in total. The highest BCUT2D eigenvalue weighted by molar-refractivity contribution is 8.08. The van der Waals surface area contributed by atoms with Crippen molar-refractivity contribution in [3.63, 3.8) is 0 Å². The van der Waals surface area contributed by atoms with E-state index in [9.17, 15) is 4.79 Å². The molecule has 2 aromatic heterocycles. The SMILES string of the molecule is CCn1c(=O)/c(=C2\Sc3ccccc3N2C)s/c1=C1\CCC[n+]2ccccc21. The van der Waals surface area contributed by atoms with Crippen molar-refractivity contribution in [3.8, 4) is 0 Å². The number of pyridine rings is 1. The van der Waals surface area contributed by atoms with Crippen molar-refractivity contribution in [2.75, 3.05) is 11.9 Å². The first kappa shape index (κ1) is 17.8. The van der Waals surface area contributed by atoms with E-state index in [1.807, 2.05) is 4.57 Å². The second kappa shape index (κ2) is 6.94. The van der Waals surface area contributed by atoms with Gasteiger partial charge in [-0.05, 0) is 31.5 Å². The zero-order valence-corrected chi connectivity index (χ0v) is 17.6. The predicted molar refractivity (Wildman–Crippen MR) is 116 cm³/mol. The Labute approximate surface area is 172 Å². The van der Waals surface area contributed by atoms with Crippen LogP contribution < -0.4 is 24.2 Å². The van der Waals surface area contributed by atoms with Crippen LogP contribution in [0.25, 0.3) is 10.6 Å². The maximum Gasteiger partial charge on any atom is 0.271 e. The van der Waals surface area contributed by atoms with Gasteiger partial charge in [-0.25, -0.2) is 0 Å². The third-order valence-electron chi connectivity index (χ3n) is 5.47. The normalized spacial score (nSPS) is 19.6. The number of nitrogens with zero attached hydrogens (tertiary/aromatic N) is 3. The molecular formula is C22H22N3OS2+. The van der Waals surface area contributed by atoms with Gasteiger partial charge in [-0.15, -0.1) is 11.3 Å². The maximum absolute atomic E-state index is 13.4. The Hall–Kier alpha value is -2.31. The molecule has 0 fully saturated rings. The Balaban J connectivity index is 1.81. The van der Waals surface area contributed by atoms with Gasteiger partial charge in [0, 0.05) is 37.0 Å². The summed E-state index contributed by atoms with van der Waals surface area (Å²) in [4.78, 5) is 16.7. The summed E-state index contributed by atoms with van der Waals surface area (Å²) in [5.74, 6) is 0. The lowest BCUT2D eigenvalue weighted by Gasteiger charge is -2.12. The number of aryl methyl sites for hydroxylation is 1. The molecule has 0 amide bonds. The molecule has 0 aliphatic carbocycles. The van der Waals surface area contributed by atoms with Crippen LogP contribution in [0.15, 0.2) is 58.4 Å². The minimum Gasteiger partial charge on any atom is -0.337 e. The van der Waals surface area contributed by atoms with E-state index in [1.54, 1.807) is 23.1 Å². The lowest BCUT2D eigenvalue weighted by Crippen LogP contribution is -2.42. The van der Waals surface area contributed by atoms with Gasteiger partial charge in [0.1, 0.15) is 20.8 Å². The highest BCUT2D eigenvalue weighted by Crippen LogP contribution is 2.44. The number of hydrogen-bond acceptors (Lipinski definition) is 4. The van der Waals surface area contributed by atoms with Crippen LogP contribution in [0.3, 0.4) is 0 Å². The van der Waals surface area contributed by atoms with E-state index in [2.05, 4.69) is 72.1 Å². The fraction of sp³-hybridized carbons (Fsp3) is 0.273. The second-order valence-corrected chi connectivity index (χ2v) is 9.11. The number of thioether (sulfide) groups is 1. The van der Waals surface area contributed by atoms with Crippen LogP contribution in [0.2, 0.25) is 0 Å². The van der Waals surface area contributed by atoms with Crippen LogP contribution in [0.1, 0.15) is 25.5 Å². The zero-order chi connectivity index (χ0) is 19.3. The van der Waals surface area contributed by atoms with Crippen LogP contribution >= 0.6 is 23.1 Å². The molecule has 0 saturated carbocycles. The summed E-state index contributed by atoms with van der Waals surface area (Å²) < 4.78 is 6.23. The van der Waals surface area contributed by atoms with Crippen molar-refractivity contribution in [2.45, 2.75) is 37.8 Å². The standard InChI is InChI=1S/C22H22N3OS2/c1-3-25-20(26)19(22-23(2)17-11-4-5-12-18(17)27-22)28-21(25)15-9-8-14-24-13-7-6-10-16(15)24/h4-7,10-13H,3,8-9,14H2,1-2H3/q+1/b22-19+. The van der Waals surface area contributed by atoms with Crippen LogP contribution in [-0.4, -0.2) is 11.6 Å². The van der Waals surface area contributed by atoms with Gasteiger partial charge in [-0.1, -0.05) is 23.9 Å². The number of rotatable bonds is 1. The molecule has 1 aromatic carbocycles. The third-order valence-corrected chi connectivity index (χ3v) is 8.06. The number of para-hydroxylation sites is 1. The van der Waals surface area contributed by atoms with E-state index in [0.717, 1.165) is 33.6 Å². The monoisotopic (exact) mass is 408 g/mol. The fourth-order valence-electron chi connectivity index (χ4n) is 4.07. The quantitative estimate of drug-likeness (QED) is 0.580. The molecule has 0 atom stereocenters. The lowest BCUT2D eigenvalue weighted by molar-refractivity contribution is -0.702. The molecule has 3 aromatic rings. The number of anilines is 1. The third kappa shape index (κ3) is 2.66. The van der Waals surface area contributed by atoms with Crippen molar-refractivity contribution < 1.29 is 4.57 Å². The fourth-order valence-corrected chi connectivity index (χ4v) is 6.67. The highest BCUT2D eigenvalue weighted by Gasteiger charge is 2.26. The van der Waals surface area contributed by atoms with Crippen LogP contribution in [0.5, 0.6) is 0 Å². The Morgan fingerprint density at radius 1 is 1.14 bits per heavy atom. The molecular weight excluding hydrogens is 386 g/mol. The van der Waals surface area contributed by atoms with Crippen LogP contribution in [0.4, 0.5) is 5.69 Å². The molecule has 2 aliphatic rings. The first-order valence-corrected chi connectivity index (χ1v) is 11.3. The maximum atomic E-state index is 13.4. The number of fused-ring (bicyclic) bond motifs is 2. The van der Waals surface area contributed by atoms with E-state index in [1.165, 1.54) is 21.8 Å². The molecule has 5 rings (SSSR count). The Bertz CT molecular complexity index is 1260. The molecule has 0 bridgehead atoms. The smallest absolute Gasteiger partial charge is 0.271 e. The average Bonchev–Trinajstić information content (AvgIpc) is 3.24. The Kier molecular flexibility index (Phi) is 4.40. The van der Waals surface area contributed by atoms with Crippen molar-refractivity contribution >= 4 is 39.4 Å². The van der Waals surface area contributed by atoms with Gasteiger partial charge in [0.2, 0.25) is 5.69 Å². The minimum atomic E-state index is 0.130. The minimum absolute atomic E-state index is 0.130. The van der Waals surface area contributed by atoms with Crippen molar-refractivity contribution in [1.82, 2.24) is 4.57 Å². The second-order valence-electron chi connectivity index (χ2n) is 7.08. The molecule has 28 heavy (non-hydrogen) atoms. The van der Waals surface area contributed by atoms with Crippen molar-refractivity contribution in [3.05, 3.63) is 73.9 Å². The molecule has 2 aliphatic heterocycles. The summed E-state index contributed by atoms with van der Waals surface area (Å²) in [5.41, 5.74) is 3.84. The summed E-state index contributed by atoms with van der Waals surface area (Å²) in [6.45, 7) is 3.80. The van der Waals surface area contributed by atoms with E-state index < -0.39 is 0 Å². The largest absolute Gasteiger partial charge is 0.337 e. The van der Waals surface area contributed by atoms with Crippen molar-refractivity contribution in [2.24, 2.45) is 0 Å². The molecule has 0 spiro atoms. The summed E-state index contributed by atoms with van der Waals surface area (Å²) in [6.07, 6.45) is 4.27. The Morgan fingerprint density at radius 2 is 1.96 bits per heavy atom. The average molecular weight is 409 g/mol. The number of hydrogen-bond donors (Lipinski definition) is 0. The van der Waals surface area contributed by atoms with E-state index in [-0.39, 0.29) is 5.56 Å². The molecule has 0 saturated heterocycles. The molecule has 4 heterocycles. The molecule has 0 radical (unpaired) electrons. The highest BCUT2D eigenvalue weighted by atomic mass is 32.2. The lowest BCUT2D eigenvalue weighted by atomic mass is 10.0. The number of thiazole rings is 1. The zero-order valence-electron chi connectivity index (χ0n) is 16.0. The van der Waals surface area contributed by atoms with Gasteiger partial charge in [0.05, 0.1) is 11.3 Å². The van der Waals surface area contributed by atoms with Crippen molar-refractivity contribution in [1.29, 1.82) is 0 Å². The topological polar surface area (TPSA) is 29.1 Å². The van der Waals surface area contributed by atoms with E-state index in [4.69, 9.17) is 0 Å². The molecule has 6 heteroatoms. The van der Waals surface area contributed by atoms with Gasteiger partial charge in [-0.3, -0.25) is 9.36 Å². The molecule has 0 N–H and O–H groups in total. The molecule has 0 unspecified atom stereocenters. The summed E-state index contributed by atoms with van der Waals surface area (Å²) in [7, 11) is 2.06. The first-order valence-electron chi connectivity index (χ1n) is 9.65. The Morgan fingerprint density at radius 3 is 2.79 bits per heavy atom. The predicted octanol–water partition coefficient (Wildman–Crippen LogP) is 2.52. The van der Waals surface area contributed by atoms with E-state index in [0.29, 0.717) is 6.54 Å². The van der Waals surface area contributed by atoms with Gasteiger partial charge >= 0.3 is 0 Å². The van der Waals surface area contributed by atoms with E-state index >= 15 is 0 Å². The summed E-state index contributed by atoms with van der Waals surface area (Å²) in [5, 5.41) is 1.04. The van der Waals surface area contributed by atoms with Gasteiger partial charge < -0.3 is 4.90 Å². The first-order chi connectivity index (χ1) is 13.7. The molecule has 142 valence electrons. The number of benzene rings is 1. The van der Waals surface area contributed by atoms with Gasteiger partial charge in [-0.2, -0.15) is 4.57 Å². The van der Waals surface area contributed by atoms with Gasteiger partial charge in [0.15, 0.2) is 6.20 Å². The summed E-state index contributed by atoms with van der Waals surface area (Å²) in [6, 6.07) is 14.7. The van der Waals surface area contributed by atoms with Gasteiger partial charge in [0.25, 0.3) is 5.56 Å².